The van der Waals surface area contributed by atoms with E-state index >= 15 is 0 Å². The third-order valence-electron chi connectivity index (χ3n) is 2.44. The van der Waals surface area contributed by atoms with Crippen LogP contribution in [0.5, 0.6) is 0 Å². The lowest BCUT2D eigenvalue weighted by atomic mass is 10.2. The number of hydrogen-bond acceptors (Lipinski definition) is 5. The number of nitrogens with one attached hydrogen (secondary N) is 1. The topological polar surface area (TPSA) is 110 Å². The van der Waals surface area contributed by atoms with Gasteiger partial charge in [0.25, 0.3) is 0 Å². The smallest absolute Gasteiger partial charge is 0.335 e. The number of carboxylic acid groups (broad SMARTS) is 1. The van der Waals surface area contributed by atoms with E-state index in [-0.39, 0.29) is 29.8 Å². The molecule has 0 aliphatic rings. The molecule has 0 aromatic heterocycles. The molecule has 0 aliphatic carbocycles. The quantitative estimate of drug-likeness (QED) is 0.699. The molecular formula is C12H14BrNO6S. The van der Waals surface area contributed by atoms with Gasteiger partial charge in [-0.2, -0.15) is 0 Å². The van der Waals surface area contributed by atoms with Crippen molar-refractivity contribution in [2.24, 2.45) is 0 Å². The highest BCUT2D eigenvalue weighted by Gasteiger charge is 2.14. The number of ether oxygens (including phenoxy) is 1. The van der Waals surface area contributed by atoms with Crippen LogP contribution in [0.25, 0.3) is 0 Å². The number of benzene rings is 1. The van der Waals surface area contributed by atoms with E-state index in [4.69, 9.17) is 5.11 Å². The molecule has 21 heavy (non-hydrogen) atoms. The Morgan fingerprint density at radius 2 is 2.00 bits per heavy atom. The number of carbonyl (C=O) groups excluding carboxylic acids is 1. The van der Waals surface area contributed by atoms with Crippen molar-refractivity contribution < 1.29 is 27.9 Å². The van der Waals surface area contributed by atoms with Crippen molar-refractivity contribution in [1.82, 2.24) is 0 Å². The molecule has 116 valence electrons. The number of sulfonamides is 1. The number of carbonyl (C=O) groups is 2. The molecule has 2 N–H and O–H groups in total. The Balaban J connectivity index is 2.75. The first-order valence-corrected chi connectivity index (χ1v) is 8.29. The molecule has 1 aromatic carbocycles. The SMILES string of the molecule is COC(=O)CCCS(=O)(=O)Nc1cc(Br)cc(C(=O)O)c1. The number of methoxy groups -OCH3 is 1. The molecule has 0 saturated carbocycles. The summed E-state index contributed by atoms with van der Waals surface area (Å²) in [6, 6.07) is 4.02. The number of halogens is 1. The molecule has 0 fully saturated rings. The maximum absolute atomic E-state index is 11.8. The van der Waals surface area contributed by atoms with Gasteiger partial charge in [0.1, 0.15) is 0 Å². The van der Waals surface area contributed by atoms with Crippen LogP contribution < -0.4 is 4.72 Å². The second kappa shape index (κ2) is 7.41. The van der Waals surface area contributed by atoms with E-state index < -0.39 is 22.0 Å². The van der Waals surface area contributed by atoms with Gasteiger partial charge in [0.05, 0.1) is 24.1 Å². The minimum atomic E-state index is -3.67. The van der Waals surface area contributed by atoms with Crippen LogP contribution in [0.1, 0.15) is 23.2 Å². The number of rotatable bonds is 7. The van der Waals surface area contributed by atoms with E-state index in [1.807, 2.05) is 0 Å². The summed E-state index contributed by atoms with van der Waals surface area (Å²) in [5.41, 5.74) is 0.0940. The fraction of sp³-hybridized carbons (Fsp3) is 0.333. The summed E-state index contributed by atoms with van der Waals surface area (Å²) in [4.78, 5) is 21.8. The van der Waals surface area contributed by atoms with Crippen molar-refractivity contribution in [3.8, 4) is 0 Å². The van der Waals surface area contributed by atoms with Gasteiger partial charge in [-0.1, -0.05) is 15.9 Å². The zero-order chi connectivity index (χ0) is 16.0. The Labute approximate surface area is 130 Å². The monoisotopic (exact) mass is 379 g/mol. The van der Waals surface area contributed by atoms with E-state index in [2.05, 4.69) is 25.4 Å². The Morgan fingerprint density at radius 3 is 2.57 bits per heavy atom. The maximum atomic E-state index is 11.8. The van der Waals surface area contributed by atoms with Gasteiger partial charge in [0.15, 0.2) is 0 Å². The number of anilines is 1. The van der Waals surface area contributed by atoms with Crippen LogP contribution in [0.3, 0.4) is 0 Å². The molecule has 0 radical (unpaired) electrons. The molecule has 0 bridgehead atoms. The minimum absolute atomic E-state index is 0.00370. The zero-order valence-corrected chi connectivity index (χ0v) is 13.5. The van der Waals surface area contributed by atoms with Crippen molar-refractivity contribution in [2.45, 2.75) is 12.8 Å². The highest BCUT2D eigenvalue weighted by atomic mass is 79.9. The van der Waals surface area contributed by atoms with Crippen LogP contribution >= 0.6 is 15.9 Å². The normalized spacial score (nSPS) is 11.0. The molecule has 0 amide bonds. The average Bonchev–Trinajstić information content (AvgIpc) is 2.36. The lowest BCUT2D eigenvalue weighted by molar-refractivity contribution is -0.140. The first-order chi connectivity index (χ1) is 9.73. The van der Waals surface area contributed by atoms with Crippen molar-refractivity contribution in [2.75, 3.05) is 17.6 Å². The van der Waals surface area contributed by atoms with Crippen LogP contribution in [0.2, 0.25) is 0 Å². The molecule has 1 aromatic rings. The molecule has 0 aliphatic heterocycles. The number of hydrogen-bond donors (Lipinski definition) is 2. The largest absolute Gasteiger partial charge is 0.478 e. The van der Waals surface area contributed by atoms with E-state index in [1.54, 1.807) is 0 Å². The Morgan fingerprint density at radius 1 is 1.33 bits per heavy atom. The van der Waals surface area contributed by atoms with Crippen LogP contribution in [0, 0.1) is 0 Å². The molecule has 1 rings (SSSR count). The van der Waals surface area contributed by atoms with Crippen LogP contribution in [0.15, 0.2) is 22.7 Å². The van der Waals surface area contributed by atoms with Crippen molar-refractivity contribution in [3.63, 3.8) is 0 Å². The van der Waals surface area contributed by atoms with Crippen LogP contribution in [-0.4, -0.2) is 38.3 Å². The first-order valence-electron chi connectivity index (χ1n) is 5.84. The second-order valence-electron chi connectivity index (χ2n) is 4.13. The van der Waals surface area contributed by atoms with Crippen molar-refractivity contribution in [1.29, 1.82) is 0 Å². The molecule has 9 heteroatoms. The van der Waals surface area contributed by atoms with Crippen LogP contribution in [0.4, 0.5) is 5.69 Å². The van der Waals surface area contributed by atoms with Gasteiger partial charge in [0, 0.05) is 10.9 Å². The minimum Gasteiger partial charge on any atom is -0.478 e. The van der Waals surface area contributed by atoms with Crippen LogP contribution in [-0.2, 0) is 19.6 Å². The van der Waals surface area contributed by atoms with Crippen molar-refractivity contribution >= 4 is 43.6 Å². The molecule has 0 heterocycles. The summed E-state index contributed by atoms with van der Waals surface area (Å²) in [6.07, 6.45) is 0.109. The first kappa shape index (κ1) is 17.4. The summed E-state index contributed by atoms with van der Waals surface area (Å²) in [7, 11) is -2.44. The van der Waals surface area contributed by atoms with Crippen molar-refractivity contribution in [3.05, 3.63) is 28.2 Å². The lowest BCUT2D eigenvalue weighted by Crippen LogP contribution is -2.18. The molecule has 7 nitrogen and oxygen atoms in total. The Bertz CT molecular complexity index is 643. The van der Waals surface area contributed by atoms with E-state index in [0.29, 0.717) is 4.47 Å². The predicted molar refractivity (Wildman–Crippen MR) is 79.8 cm³/mol. The maximum Gasteiger partial charge on any atom is 0.335 e. The lowest BCUT2D eigenvalue weighted by Gasteiger charge is -2.09. The molecular weight excluding hydrogens is 366 g/mol. The van der Waals surface area contributed by atoms with Gasteiger partial charge in [-0.05, 0) is 24.6 Å². The van der Waals surface area contributed by atoms with Gasteiger partial charge in [-0.15, -0.1) is 0 Å². The molecule has 0 atom stereocenters. The number of esters is 1. The fourth-order valence-electron chi connectivity index (χ4n) is 1.51. The number of carboxylic acids is 1. The van der Waals surface area contributed by atoms with Gasteiger partial charge in [-0.3, -0.25) is 9.52 Å². The van der Waals surface area contributed by atoms with Gasteiger partial charge in [0.2, 0.25) is 10.0 Å². The fourth-order valence-corrected chi connectivity index (χ4v) is 3.11. The van der Waals surface area contributed by atoms with E-state index in [9.17, 15) is 18.0 Å². The molecule has 0 saturated heterocycles. The summed E-state index contributed by atoms with van der Waals surface area (Å²) in [5, 5.41) is 8.91. The summed E-state index contributed by atoms with van der Waals surface area (Å²) >= 11 is 3.11. The third kappa shape index (κ3) is 6.13. The van der Waals surface area contributed by atoms with Gasteiger partial charge >= 0.3 is 11.9 Å². The Hall–Kier alpha value is -1.61. The third-order valence-corrected chi connectivity index (χ3v) is 4.27. The second-order valence-corrected chi connectivity index (χ2v) is 6.89. The standard InChI is InChI=1S/C12H14BrNO6S/c1-20-11(15)3-2-4-21(18,19)14-10-6-8(12(16)17)5-9(13)7-10/h5-7,14H,2-4H2,1H3,(H,16,17). The summed E-state index contributed by atoms with van der Waals surface area (Å²) in [5.74, 6) is -1.92. The van der Waals surface area contributed by atoms with Gasteiger partial charge in [-0.25, -0.2) is 13.2 Å². The Kier molecular flexibility index (Phi) is 6.16. The molecule has 0 spiro atoms. The highest BCUT2D eigenvalue weighted by molar-refractivity contribution is 9.10. The predicted octanol–water partition coefficient (Wildman–Crippen LogP) is 1.84. The van der Waals surface area contributed by atoms with Gasteiger partial charge < -0.3 is 9.84 Å². The summed E-state index contributed by atoms with van der Waals surface area (Å²) < 4.78 is 30.8. The molecule has 0 unspecified atom stereocenters. The average molecular weight is 380 g/mol. The number of aromatic carboxylic acids is 1. The van der Waals surface area contributed by atoms with E-state index in [0.717, 1.165) is 0 Å². The summed E-state index contributed by atoms with van der Waals surface area (Å²) in [6.45, 7) is 0. The zero-order valence-electron chi connectivity index (χ0n) is 11.1. The van der Waals surface area contributed by atoms with E-state index in [1.165, 1.54) is 25.3 Å². The highest BCUT2D eigenvalue weighted by Crippen LogP contribution is 2.21.